The van der Waals surface area contributed by atoms with E-state index in [1.54, 1.807) is 63.9 Å². The minimum atomic E-state index is -0.879. The normalized spacial score (nSPS) is 16.9. The van der Waals surface area contributed by atoms with Crippen LogP contribution in [0.3, 0.4) is 0 Å². The van der Waals surface area contributed by atoms with E-state index in [1.807, 2.05) is 156 Å². The monoisotopic (exact) mass is 1980 g/mol. The number of anilines is 5. The van der Waals surface area contributed by atoms with Gasteiger partial charge in [-0.25, -0.2) is 36.3 Å². The number of nitriles is 4. The number of carbonyl (C=O) groups is 5. The Morgan fingerprint density at radius 1 is 0.481 bits per heavy atom. The van der Waals surface area contributed by atoms with Gasteiger partial charge in [-0.15, -0.1) is 12.4 Å². The number of hydrogen-bond donors (Lipinski definition) is 3. The van der Waals surface area contributed by atoms with Crippen LogP contribution >= 0.6 is 35.6 Å². The van der Waals surface area contributed by atoms with Crippen molar-refractivity contribution in [3.63, 3.8) is 0 Å². The molecule has 8 aromatic rings. The number of halogens is 8. The maximum absolute atomic E-state index is 14.2. The fourth-order valence-electron chi connectivity index (χ4n) is 15.7. The molecule has 0 bridgehead atoms. The van der Waals surface area contributed by atoms with Crippen molar-refractivity contribution in [1.82, 2.24) is 44.3 Å². The molecule has 0 radical (unpaired) electrons. The second kappa shape index (κ2) is 57.7. The fraction of sp³-hybridized carbons (Fsp3) is 0.454. The van der Waals surface area contributed by atoms with Gasteiger partial charge in [0.25, 0.3) is 12.4 Å². The molecule has 722 valence electrons. The van der Waals surface area contributed by atoms with Crippen LogP contribution in [0.2, 0.25) is 10.0 Å². The number of piperazine rings is 6. The van der Waals surface area contributed by atoms with Crippen molar-refractivity contribution in [1.29, 1.82) is 21.0 Å². The van der Waals surface area contributed by atoms with E-state index in [0.29, 0.717) is 73.8 Å². The molecule has 2 aromatic heterocycles. The minimum Gasteiger partial charge on any atom is -1.00 e. The van der Waals surface area contributed by atoms with E-state index >= 15 is 0 Å². The van der Waals surface area contributed by atoms with Gasteiger partial charge in [-0.3, -0.25) is 19.4 Å². The van der Waals surface area contributed by atoms with Gasteiger partial charge >= 0.3 is 121 Å². The summed E-state index contributed by atoms with van der Waals surface area (Å²) in [5.41, 5.74) is 8.20. The van der Waals surface area contributed by atoms with Crippen LogP contribution in [0.4, 0.5) is 60.0 Å². The number of nitrogens with one attached hydrogen (secondary N) is 2. The van der Waals surface area contributed by atoms with Crippen molar-refractivity contribution in [2.24, 2.45) is 14.1 Å². The average Bonchev–Trinajstić information content (AvgIpc) is 1.62. The summed E-state index contributed by atoms with van der Waals surface area (Å²) in [5, 5.41) is 61.5. The summed E-state index contributed by atoms with van der Waals surface area (Å²) in [6.07, 6.45) is -0.545. The first-order valence-electron chi connectivity index (χ1n) is 42.9. The molecule has 0 aliphatic carbocycles. The first-order valence-corrected chi connectivity index (χ1v) is 43.6. The van der Waals surface area contributed by atoms with Crippen LogP contribution in [-0.2, 0) is 46.3 Å². The van der Waals surface area contributed by atoms with Crippen LogP contribution in [0.15, 0.2) is 133 Å². The Balaban J connectivity index is 0.000000569. The number of carbonyl (C=O) groups excluding carboxylic acids is 4. The Morgan fingerprint density at radius 3 is 1.15 bits per heavy atom. The summed E-state index contributed by atoms with van der Waals surface area (Å²) in [6, 6.07) is 44.8. The first kappa shape index (κ1) is 121. The number of carboxylic acids is 1. The van der Waals surface area contributed by atoms with Crippen molar-refractivity contribution >= 4 is 94.6 Å². The predicted molar refractivity (Wildman–Crippen MR) is 511 cm³/mol. The number of benzene rings is 6. The van der Waals surface area contributed by atoms with E-state index in [0.717, 1.165) is 161 Å². The summed E-state index contributed by atoms with van der Waals surface area (Å²) in [4.78, 5) is 80.9. The Morgan fingerprint density at radius 2 is 0.815 bits per heavy atom. The van der Waals surface area contributed by atoms with Gasteiger partial charge in [-0.2, -0.15) is 21.0 Å². The van der Waals surface area contributed by atoms with Gasteiger partial charge in [0.05, 0.1) is 38.5 Å². The summed E-state index contributed by atoms with van der Waals surface area (Å²) >= 11 is 12.7. The molecule has 0 spiro atoms. The maximum Gasteiger partial charge on any atom is 1.00 e. The van der Waals surface area contributed by atoms with Gasteiger partial charge in [0.1, 0.15) is 98.2 Å². The summed E-state index contributed by atoms with van der Waals surface area (Å²) in [6.45, 7) is 40.0. The summed E-state index contributed by atoms with van der Waals surface area (Å²) in [5.74, 6) is -3.99. The largest absolute Gasteiger partial charge is 1.00 e. The van der Waals surface area contributed by atoms with Crippen LogP contribution in [0.5, 0.6) is 0 Å². The topological polar surface area (TPSA) is 318 Å². The zero-order chi connectivity index (χ0) is 95.4. The molecule has 6 fully saturated rings. The van der Waals surface area contributed by atoms with Crippen LogP contribution in [0, 0.1) is 88.3 Å². The molecule has 0 unspecified atom stereocenters. The molecule has 4 atom stereocenters. The van der Waals surface area contributed by atoms with E-state index < -0.39 is 51.8 Å². The quantitative estimate of drug-likeness (QED) is 0.0337. The Labute approximate surface area is 894 Å². The first-order chi connectivity index (χ1) is 61.8. The molecule has 28 nitrogen and oxygen atoms in total. The third kappa shape index (κ3) is 34.5. The second-order valence-electron chi connectivity index (χ2n) is 34.1. The van der Waals surface area contributed by atoms with Crippen molar-refractivity contribution < 1.29 is 175 Å². The van der Waals surface area contributed by atoms with Crippen molar-refractivity contribution in [3.8, 4) is 24.3 Å². The number of aromatic nitrogens is 2. The number of carboxylic acid groups (broad SMARTS) is 1. The summed E-state index contributed by atoms with van der Waals surface area (Å²) < 4.78 is 80.6. The van der Waals surface area contributed by atoms with Crippen molar-refractivity contribution in [3.05, 3.63) is 229 Å². The van der Waals surface area contributed by atoms with Crippen molar-refractivity contribution in [2.75, 3.05) is 155 Å². The van der Waals surface area contributed by atoms with Crippen LogP contribution in [0.1, 0.15) is 151 Å². The van der Waals surface area contributed by atoms with E-state index in [4.69, 9.17) is 58.5 Å². The Kier molecular flexibility index (Phi) is 51.5. The predicted octanol–water partition coefficient (Wildman–Crippen LogP) is 9.62. The Hall–Kier alpha value is -8.62. The van der Waals surface area contributed by atoms with E-state index in [2.05, 4.69) is 66.0 Å². The van der Waals surface area contributed by atoms with Gasteiger partial charge < -0.3 is 85.1 Å². The molecule has 0 saturated carbocycles. The third-order valence-corrected chi connectivity index (χ3v) is 23.4. The number of nitrogens with zero attached hydrogens (tertiary/aromatic N) is 16. The molecular formula is C97H126Cl3F5K2N18O10. The molecule has 3 N–H and O–H groups in total. The summed E-state index contributed by atoms with van der Waals surface area (Å²) in [7, 11) is 3.76. The molecule has 38 heteroatoms. The van der Waals surface area contributed by atoms with Gasteiger partial charge in [-0.05, 0) is 179 Å². The molecule has 6 aliphatic heterocycles. The number of rotatable bonds is 12. The van der Waals surface area contributed by atoms with Crippen LogP contribution in [0.25, 0.3) is 0 Å². The standard InChI is InChI=1S/C30H34ClFN6O.C18H22ClN3O2.C17H22FN3O2.C12H14FN3.C10H20N2O2.C7H3F2N.CH2O3.2CH4.ClH.2K.H/c1-21-19-37(27-10-6-8-26(32)24(27)18-33)15-16-38(21)30(39)29-17-23(22(2)34(29)3)20-35-11-13-36(14-12-35)28-9-5-4-7-25(28)31;1-13-14(11-17(18(23)24)20(13)2)12-21-7-9-22(10-8-21)16-6-4-3-5-15(16)19;1-12-11-20(15-7-5-6-14(18)13(15)10-19)8-9-21(12)16(22)23-17(2,3)4;1-9-8-16(6-5-15-9)12-4-2-3-11(13)10(12)7-14;1-8-7-11-5-6-12(8)9(13)14-10(2,3)4;8-6-2-1-3-7(9)5(6)4-10;2-1-4-3;;;;;;/h4-10,17,21H,11-16,19-20H2,1-3H3;3-6,11H,7-10,12H2,1-2H3,(H,23,24);5-7,12H,8-9,11H2,1-4H3;2-4,9,15H,5-6,8H2,1H3;8,11H,5-7H2,1-4H3;1-3H;1,3H;2*1H4;1H;;;/q;;;;;;;;;;2*+1;-1/p-1/t21-;;12-;9-;8-;;;;;;;;/m0.000......../s1. The Bertz CT molecular complexity index is 5370. The van der Waals surface area contributed by atoms with E-state index in [-0.39, 0.29) is 191 Å². The van der Waals surface area contributed by atoms with Crippen LogP contribution in [-0.4, -0.2) is 236 Å². The van der Waals surface area contributed by atoms with Gasteiger partial charge in [0.15, 0.2) is 0 Å². The van der Waals surface area contributed by atoms with Crippen molar-refractivity contribution in [2.45, 2.75) is 146 Å². The number of ether oxygens (including phenoxy) is 2. The minimum absolute atomic E-state index is 0. The molecule has 8 heterocycles. The van der Waals surface area contributed by atoms with E-state index in [9.17, 15) is 51.5 Å². The van der Waals surface area contributed by atoms with Gasteiger partial charge in [0.2, 0.25) is 0 Å². The van der Waals surface area contributed by atoms with Crippen LogP contribution < -0.4 is 143 Å². The SMILES string of the molecule is C.C.C[C@H]1CN(c2cccc(F)c2C#N)CCN1.C[C@H]1CN(c2cccc(F)c2C#N)CCN1C(=O)OC(C)(C)C.C[C@H]1CNCCN1C(=O)OC(C)(C)C.Cc1c(CN2CCN(c3ccccc3Cl)CC2)cc(C(=O)N2CCN(c3cccc(F)c3C#N)C[C@@H]2C)n1C.Cc1c(CN2CCN(c3ccccc3Cl)CC2)cc(C(=O)O)n1C.Cl.N#Cc1c(F)cccc1F.O=CO[O-].[H-].[K+].[K+]. The third-order valence-electron chi connectivity index (χ3n) is 22.7. The zero-order valence-corrected chi connectivity index (χ0v) is 87.1. The number of amides is 3. The zero-order valence-electron chi connectivity index (χ0n) is 79.5. The fourth-order valence-corrected chi connectivity index (χ4v) is 16.2. The number of hydrogen-bond acceptors (Lipinski definition) is 22. The molecule has 6 aromatic carbocycles. The maximum atomic E-state index is 14.2. The molecule has 135 heavy (non-hydrogen) atoms. The molecular weight excluding hydrogens is 1860 g/mol. The molecule has 14 rings (SSSR count). The van der Waals surface area contributed by atoms with Gasteiger partial charge in [-0.1, -0.05) is 86.6 Å². The average molecular weight is 1980 g/mol. The second-order valence-corrected chi connectivity index (χ2v) is 34.9. The smallest absolute Gasteiger partial charge is 1.00 e. The molecule has 6 saturated heterocycles. The number of para-hydroxylation sites is 2. The molecule has 3 amide bonds. The number of aromatic carboxylic acids is 1. The van der Waals surface area contributed by atoms with E-state index in [1.165, 1.54) is 30.3 Å². The molecule has 6 aliphatic rings. The van der Waals surface area contributed by atoms with Gasteiger partial charge in [0, 0.05) is 194 Å².